The van der Waals surface area contributed by atoms with Crippen molar-refractivity contribution >= 4 is 5.69 Å². The first-order valence-corrected chi connectivity index (χ1v) is 8.06. The molecule has 1 heterocycles. The second-order valence-electron chi connectivity index (χ2n) is 5.94. The van der Waals surface area contributed by atoms with Crippen molar-refractivity contribution in [1.82, 2.24) is 5.32 Å². The first kappa shape index (κ1) is 13.9. The minimum absolute atomic E-state index is 0.467. The van der Waals surface area contributed by atoms with Gasteiger partial charge in [-0.25, -0.2) is 0 Å². The van der Waals surface area contributed by atoms with Gasteiger partial charge in [-0.15, -0.1) is 0 Å². The minimum atomic E-state index is 0.467. The van der Waals surface area contributed by atoms with E-state index >= 15 is 0 Å². The Balaban J connectivity index is 1.64. The van der Waals surface area contributed by atoms with E-state index in [1.165, 1.54) is 36.9 Å². The highest BCUT2D eigenvalue weighted by Crippen LogP contribution is 2.33. The normalized spacial score (nSPS) is 25.8. The first-order valence-electron chi connectivity index (χ1n) is 8.06. The van der Waals surface area contributed by atoms with E-state index < -0.39 is 0 Å². The smallest absolute Gasteiger partial charge is 0.0779 e. The highest BCUT2D eigenvalue weighted by molar-refractivity contribution is 5.49. The Hall–Kier alpha value is -1.06. The van der Waals surface area contributed by atoms with Crippen molar-refractivity contribution in [1.29, 1.82) is 0 Å². The molecule has 3 rings (SSSR count). The molecule has 1 saturated heterocycles. The van der Waals surface area contributed by atoms with Crippen molar-refractivity contribution in [2.75, 3.05) is 24.6 Å². The molecule has 1 aromatic carbocycles. The Morgan fingerprint density at radius 1 is 1.25 bits per heavy atom. The van der Waals surface area contributed by atoms with Crippen molar-refractivity contribution in [3.8, 4) is 0 Å². The summed E-state index contributed by atoms with van der Waals surface area (Å²) in [5, 5.41) is 3.45. The average Bonchev–Trinajstić information content (AvgIpc) is 2.97. The lowest BCUT2D eigenvalue weighted by Crippen LogP contribution is -2.48. The van der Waals surface area contributed by atoms with Crippen LogP contribution in [0.25, 0.3) is 0 Å². The Morgan fingerprint density at radius 2 is 2.10 bits per heavy atom. The van der Waals surface area contributed by atoms with Gasteiger partial charge in [0.2, 0.25) is 0 Å². The highest BCUT2D eigenvalue weighted by Gasteiger charge is 2.35. The third-order valence-corrected chi connectivity index (χ3v) is 4.51. The molecule has 110 valence electrons. The fourth-order valence-electron chi connectivity index (χ4n) is 3.46. The zero-order valence-corrected chi connectivity index (χ0v) is 12.5. The van der Waals surface area contributed by atoms with Gasteiger partial charge in [-0.3, -0.25) is 0 Å². The molecule has 2 atom stereocenters. The summed E-state index contributed by atoms with van der Waals surface area (Å²) in [6.07, 6.45) is 5.49. The van der Waals surface area contributed by atoms with Gasteiger partial charge in [-0.2, -0.15) is 0 Å². The Kier molecular flexibility index (Phi) is 4.58. The summed E-state index contributed by atoms with van der Waals surface area (Å²) >= 11 is 0. The summed E-state index contributed by atoms with van der Waals surface area (Å²) in [4.78, 5) is 2.56. The Bertz CT molecular complexity index is 418. The van der Waals surface area contributed by atoms with Crippen molar-refractivity contribution in [2.45, 2.75) is 51.3 Å². The van der Waals surface area contributed by atoms with Crippen LogP contribution in [0.1, 0.15) is 38.2 Å². The van der Waals surface area contributed by atoms with E-state index in [9.17, 15) is 0 Å². The molecule has 3 nitrogen and oxygen atoms in total. The number of morpholine rings is 1. The molecule has 20 heavy (non-hydrogen) atoms. The van der Waals surface area contributed by atoms with Crippen LogP contribution >= 0.6 is 0 Å². The number of nitrogens with one attached hydrogen (secondary N) is 1. The quantitative estimate of drug-likeness (QED) is 0.836. The molecule has 0 spiro atoms. The van der Waals surface area contributed by atoms with Crippen molar-refractivity contribution in [2.24, 2.45) is 0 Å². The lowest BCUT2D eigenvalue weighted by atomic mass is 10.1. The number of fused-ring (bicyclic) bond motifs is 1. The van der Waals surface area contributed by atoms with Crippen LogP contribution in [0.3, 0.4) is 0 Å². The van der Waals surface area contributed by atoms with E-state index in [4.69, 9.17) is 4.74 Å². The largest absolute Gasteiger partial charge is 0.374 e. The van der Waals surface area contributed by atoms with Crippen LogP contribution in [0.4, 0.5) is 5.69 Å². The van der Waals surface area contributed by atoms with Crippen LogP contribution in [0.15, 0.2) is 24.3 Å². The molecule has 3 heteroatoms. The van der Waals surface area contributed by atoms with Crippen molar-refractivity contribution in [3.63, 3.8) is 0 Å². The summed E-state index contributed by atoms with van der Waals surface area (Å²) in [7, 11) is 0. The first-order chi connectivity index (χ1) is 9.88. The molecule has 1 aliphatic heterocycles. The molecule has 1 saturated carbocycles. The van der Waals surface area contributed by atoms with Gasteiger partial charge in [-0.1, -0.05) is 19.1 Å². The number of hydrogen-bond acceptors (Lipinski definition) is 3. The van der Waals surface area contributed by atoms with Crippen LogP contribution < -0.4 is 10.2 Å². The van der Waals surface area contributed by atoms with E-state index in [0.717, 1.165) is 26.2 Å². The van der Waals surface area contributed by atoms with Crippen LogP contribution in [0, 0.1) is 0 Å². The van der Waals surface area contributed by atoms with Gasteiger partial charge in [0.05, 0.1) is 18.8 Å². The zero-order chi connectivity index (χ0) is 13.8. The fourth-order valence-corrected chi connectivity index (χ4v) is 3.46. The lowest BCUT2D eigenvalue weighted by Gasteiger charge is -2.39. The zero-order valence-electron chi connectivity index (χ0n) is 12.5. The van der Waals surface area contributed by atoms with E-state index in [2.05, 4.69) is 41.4 Å². The molecule has 0 aromatic heterocycles. The SMILES string of the molecule is CCCNCc1ccc(N2CCOC3CCCC32)cc1. The van der Waals surface area contributed by atoms with Gasteiger partial charge < -0.3 is 15.0 Å². The molecule has 1 aromatic rings. The fraction of sp³-hybridized carbons (Fsp3) is 0.647. The second-order valence-corrected chi connectivity index (χ2v) is 5.94. The van der Waals surface area contributed by atoms with Gasteiger partial charge in [-0.05, 0) is 49.9 Å². The molecule has 1 aliphatic carbocycles. The van der Waals surface area contributed by atoms with Gasteiger partial charge in [0, 0.05) is 18.8 Å². The van der Waals surface area contributed by atoms with E-state index in [1.807, 2.05) is 0 Å². The third kappa shape index (κ3) is 2.99. The summed E-state index contributed by atoms with van der Waals surface area (Å²) < 4.78 is 5.89. The van der Waals surface area contributed by atoms with Crippen molar-refractivity contribution < 1.29 is 4.74 Å². The van der Waals surface area contributed by atoms with Crippen LogP contribution in [0.2, 0.25) is 0 Å². The number of anilines is 1. The Labute approximate surface area is 122 Å². The van der Waals surface area contributed by atoms with Crippen LogP contribution in [-0.2, 0) is 11.3 Å². The molecule has 0 radical (unpaired) electrons. The number of nitrogens with zero attached hydrogens (tertiary/aromatic N) is 1. The molecular formula is C17H26N2O. The highest BCUT2D eigenvalue weighted by atomic mass is 16.5. The molecule has 2 aliphatic rings. The molecule has 2 fully saturated rings. The van der Waals surface area contributed by atoms with Gasteiger partial charge in [0.25, 0.3) is 0 Å². The maximum Gasteiger partial charge on any atom is 0.0779 e. The summed E-state index contributed by atoms with van der Waals surface area (Å²) in [5.41, 5.74) is 2.74. The van der Waals surface area contributed by atoms with E-state index in [0.29, 0.717) is 12.1 Å². The monoisotopic (exact) mass is 274 g/mol. The summed E-state index contributed by atoms with van der Waals surface area (Å²) in [6.45, 7) is 6.18. The predicted molar refractivity (Wildman–Crippen MR) is 83.2 cm³/mol. The second kappa shape index (κ2) is 6.59. The Morgan fingerprint density at radius 3 is 2.90 bits per heavy atom. The topological polar surface area (TPSA) is 24.5 Å². The molecule has 0 bridgehead atoms. The van der Waals surface area contributed by atoms with Crippen LogP contribution in [0.5, 0.6) is 0 Å². The average molecular weight is 274 g/mol. The van der Waals surface area contributed by atoms with Crippen LogP contribution in [-0.4, -0.2) is 31.8 Å². The summed E-state index contributed by atoms with van der Waals surface area (Å²) in [5.74, 6) is 0. The lowest BCUT2D eigenvalue weighted by molar-refractivity contribution is 0.0256. The minimum Gasteiger partial charge on any atom is -0.374 e. The predicted octanol–water partition coefficient (Wildman–Crippen LogP) is 2.94. The van der Waals surface area contributed by atoms with Gasteiger partial charge in [0.15, 0.2) is 0 Å². The number of rotatable bonds is 5. The molecule has 2 unspecified atom stereocenters. The molecule has 1 N–H and O–H groups in total. The van der Waals surface area contributed by atoms with E-state index in [1.54, 1.807) is 0 Å². The third-order valence-electron chi connectivity index (χ3n) is 4.51. The maximum absolute atomic E-state index is 5.89. The molecule has 0 amide bonds. The number of ether oxygens (including phenoxy) is 1. The number of hydrogen-bond donors (Lipinski definition) is 1. The van der Waals surface area contributed by atoms with Crippen molar-refractivity contribution in [3.05, 3.63) is 29.8 Å². The number of benzene rings is 1. The molecular weight excluding hydrogens is 248 g/mol. The van der Waals surface area contributed by atoms with Gasteiger partial charge in [0.1, 0.15) is 0 Å². The van der Waals surface area contributed by atoms with Gasteiger partial charge >= 0.3 is 0 Å². The standard InChI is InChI=1S/C17H26N2O/c1-2-10-18-13-14-6-8-15(9-7-14)19-11-12-20-17-5-3-4-16(17)19/h6-9,16-18H,2-5,10-13H2,1H3. The summed E-state index contributed by atoms with van der Waals surface area (Å²) in [6, 6.07) is 9.69. The maximum atomic E-state index is 5.89. The van der Waals surface area contributed by atoms with E-state index in [-0.39, 0.29) is 0 Å².